The Morgan fingerprint density at radius 3 is 2.62 bits per heavy atom. The van der Waals surface area contributed by atoms with E-state index in [0.29, 0.717) is 29.9 Å². The van der Waals surface area contributed by atoms with E-state index in [-0.39, 0.29) is 5.75 Å². The number of aromatic hydroxyl groups is 1. The molecule has 1 fully saturated rings. The predicted octanol–water partition coefficient (Wildman–Crippen LogP) is 4.30. The molecule has 1 aliphatic rings. The van der Waals surface area contributed by atoms with Crippen molar-refractivity contribution in [2.24, 2.45) is 0 Å². The average molecular weight is 539 g/mol. The minimum absolute atomic E-state index is 0.227. The highest BCUT2D eigenvalue weighted by Crippen LogP contribution is 2.30. The van der Waals surface area contributed by atoms with E-state index in [2.05, 4.69) is 51.7 Å². The number of piperazine rings is 1. The van der Waals surface area contributed by atoms with E-state index in [9.17, 15) is 9.90 Å². The minimum atomic E-state index is -0.571. The number of aromatic nitrogens is 4. The third kappa shape index (κ3) is 6.05. The lowest BCUT2D eigenvalue weighted by Gasteiger charge is -2.45. The number of tetrazole rings is 1. The van der Waals surface area contributed by atoms with Gasteiger partial charge in [-0.3, -0.25) is 9.74 Å². The molecule has 0 saturated carbocycles. The second kappa shape index (κ2) is 11.7. The van der Waals surface area contributed by atoms with Crippen LogP contribution in [0.1, 0.15) is 40.9 Å². The number of phenols is 1. The molecule has 1 saturated heterocycles. The Kier molecular flexibility index (Phi) is 7.93. The first-order valence-corrected chi connectivity index (χ1v) is 13.4. The summed E-state index contributed by atoms with van der Waals surface area (Å²) >= 11 is 0. The monoisotopic (exact) mass is 538 g/mol. The van der Waals surface area contributed by atoms with Crippen LogP contribution in [0.4, 0.5) is 5.69 Å². The fraction of sp³-hybridized carbons (Fsp3) is 0.290. The van der Waals surface area contributed by atoms with Gasteiger partial charge in [-0.25, -0.2) is 4.79 Å². The first kappa shape index (κ1) is 27.1. The van der Waals surface area contributed by atoms with Gasteiger partial charge in [0.25, 0.3) is 0 Å². The molecular formula is C31H34N6O3. The molecule has 0 bridgehead atoms. The third-order valence-corrected chi connectivity index (χ3v) is 7.27. The summed E-state index contributed by atoms with van der Waals surface area (Å²) in [7, 11) is 0. The number of hydrogen-bond donors (Lipinski definition) is 1. The minimum Gasteiger partial charge on any atom is -0.508 e. The lowest BCUT2D eigenvalue weighted by Crippen LogP contribution is -2.56. The third-order valence-electron chi connectivity index (χ3n) is 7.27. The van der Waals surface area contributed by atoms with Crippen LogP contribution >= 0.6 is 0 Å². The molecule has 4 aromatic rings. The van der Waals surface area contributed by atoms with Gasteiger partial charge in [0.2, 0.25) is 5.82 Å². The van der Waals surface area contributed by atoms with E-state index in [0.717, 1.165) is 52.5 Å². The van der Waals surface area contributed by atoms with E-state index in [1.165, 1.54) is 0 Å². The van der Waals surface area contributed by atoms with Crippen LogP contribution in [0.15, 0.2) is 79.4 Å². The normalized spacial score (nSPS) is 17.5. The number of rotatable bonds is 8. The summed E-state index contributed by atoms with van der Waals surface area (Å²) < 4.78 is 0. The van der Waals surface area contributed by atoms with Crippen molar-refractivity contribution in [2.45, 2.75) is 39.3 Å². The number of nitrogens with zero attached hydrogens (tertiary/aromatic N) is 6. The van der Waals surface area contributed by atoms with Crippen LogP contribution in [0.2, 0.25) is 0 Å². The molecule has 0 aliphatic carbocycles. The summed E-state index contributed by atoms with van der Waals surface area (Å²) in [4.78, 5) is 23.4. The predicted molar refractivity (Wildman–Crippen MR) is 154 cm³/mol. The fourth-order valence-electron chi connectivity index (χ4n) is 5.18. The molecule has 0 radical (unpaired) electrons. The summed E-state index contributed by atoms with van der Waals surface area (Å²) in [6.45, 7) is 12.9. The SMILES string of the molecule is C=CCN1C[C@H](C)N(c2cc(O)cc(Cc3ccccc3-c3nnn(OC(=O)c4ccc(C)cc4)n3)c2)C[C@H]1C. The van der Waals surface area contributed by atoms with Crippen molar-refractivity contribution in [1.29, 1.82) is 0 Å². The highest BCUT2D eigenvalue weighted by atomic mass is 16.7. The topological polar surface area (TPSA) is 96.6 Å². The smallest absolute Gasteiger partial charge is 0.367 e. The molecule has 1 aromatic heterocycles. The quantitative estimate of drug-likeness (QED) is 0.262. The summed E-state index contributed by atoms with van der Waals surface area (Å²) in [5, 5.41) is 23.0. The lowest BCUT2D eigenvalue weighted by atomic mass is 9.98. The molecular weight excluding hydrogens is 504 g/mol. The van der Waals surface area contributed by atoms with E-state index in [1.807, 2.05) is 55.5 Å². The molecule has 1 aliphatic heterocycles. The zero-order valence-electron chi connectivity index (χ0n) is 23.1. The molecule has 2 atom stereocenters. The zero-order valence-corrected chi connectivity index (χ0v) is 23.1. The van der Waals surface area contributed by atoms with E-state index in [4.69, 9.17) is 4.84 Å². The summed E-state index contributed by atoms with van der Waals surface area (Å²) in [6, 6.07) is 21.2. The van der Waals surface area contributed by atoms with Gasteiger partial charge in [-0.05, 0) is 67.8 Å². The lowest BCUT2D eigenvalue weighted by molar-refractivity contribution is 0.0296. The van der Waals surface area contributed by atoms with Crippen LogP contribution in [0.25, 0.3) is 11.4 Å². The summed E-state index contributed by atoms with van der Waals surface area (Å²) in [5.41, 5.74) is 5.13. The van der Waals surface area contributed by atoms with Crippen LogP contribution in [-0.4, -0.2) is 68.1 Å². The standard InChI is InChI=1S/C31H34N6O3/c1-5-14-35-19-23(4)36(20-22(35)3)27-16-24(17-28(38)18-27)15-26-8-6-7-9-29(26)30-32-34-37(33-30)40-31(39)25-12-10-21(2)11-13-25/h5-13,16-18,22-23,38H,1,14-15,19-20H2,2-4H3/t22-,23+/m1/s1. The van der Waals surface area contributed by atoms with Crippen molar-refractivity contribution in [3.05, 3.63) is 102 Å². The second-order valence-corrected chi connectivity index (χ2v) is 10.4. The summed E-state index contributed by atoms with van der Waals surface area (Å²) in [6.07, 6.45) is 2.50. The van der Waals surface area contributed by atoms with Gasteiger partial charge in [0, 0.05) is 54.0 Å². The van der Waals surface area contributed by atoms with Gasteiger partial charge >= 0.3 is 5.97 Å². The van der Waals surface area contributed by atoms with Crippen LogP contribution in [-0.2, 0) is 6.42 Å². The first-order chi connectivity index (χ1) is 19.3. The van der Waals surface area contributed by atoms with Crippen LogP contribution < -0.4 is 9.74 Å². The molecule has 3 aromatic carbocycles. The van der Waals surface area contributed by atoms with Gasteiger partial charge in [-0.2, -0.15) is 0 Å². The molecule has 40 heavy (non-hydrogen) atoms. The van der Waals surface area contributed by atoms with Gasteiger partial charge in [-0.1, -0.05) is 53.1 Å². The molecule has 206 valence electrons. The Morgan fingerprint density at radius 1 is 1.07 bits per heavy atom. The average Bonchev–Trinajstić information content (AvgIpc) is 3.39. The van der Waals surface area contributed by atoms with Crippen LogP contribution in [0.5, 0.6) is 5.75 Å². The van der Waals surface area contributed by atoms with Gasteiger partial charge in [-0.15, -0.1) is 11.7 Å². The largest absolute Gasteiger partial charge is 0.508 e. The summed E-state index contributed by atoms with van der Waals surface area (Å²) in [5.74, 6) is -0.00249. The molecule has 2 heterocycles. The van der Waals surface area contributed by atoms with Crippen LogP contribution in [0.3, 0.4) is 0 Å². The van der Waals surface area contributed by atoms with Crippen molar-refractivity contribution >= 4 is 11.7 Å². The number of aryl methyl sites for hydroxylation is 1. The van der Waals surface area contributed by atoms with Crippen molar-refractivity contribution in [1.82, 2.24) is 25.3 Å². The van der Waals surface area contributed by atoms with Gasteiger partial charge in [0.15, 0.2) is 0 Å². The molecule has 5 rings (SSSR count). The Morgan fingerprint density at radius 2 is 1.85 bits per heavy atom. The van der Waals surface area contributed by atoms with Gasteiger partial charge in [0.05, 0.1) is 5.56 Å². The van der Waals surface area contributed by atoms with Crippen LogP contribution in [0, 0.1) is 6.92 Å². The number of benzene rings is 3. The highest BCUT2D eigenvalue weighted by molar-refractivity contribution is 5.89. The molecule has 1 N–H and O–H groups in total. The van der Waals surface area contributed by atoms with Gasteiger partial charge in [0.1, 0.15) is 5.75 Å². The Bertz CT molecular complexity index is 1500. The second-order valence-electron chi connectivity index (χ2n) is 10.4. The number of hydrogen-bond acceptors (Lipinski definition) is 8. The maximum Gasteiger partial charge on any atom is 0.367 e. The van der Waals surface area contributed by atoms with E-state index in [1.54, 1.807) is 18.2 Å². The number of anilines is 1. The highest BCUT2D eigenvalue weighted by Gasteiger charge is 2.29. The molecule has 9 nitrogen and oxygen atoms in total. The number of phenolic OH excluding ortho intramolecular Hbond substituents is 1. The number of carbonyl (C=O) groups is 1. The zero-order chi connectivity index (χ0) is 28.2. The molecule has 0 amide bonds. The fourth-order valence-corrected chi connectivity index (χ4v) is 5.18. The van der Waals surface area contributed by atoms with Gasteiger partial charge < -0.3 is 10.0 Å². The van der Waals surface area contributed by atoms with Crippen molar-refractivity contribution in [3.8, 4) is 17.1 Å². The first-order valence-electron chi connectivity index (χ1n) is 13.4. The number of carbonyl (C=O) groups excluding carboxylic acids is 1. The van der Waals surface area contributed by atoms with Crippen molar-refractivity contribution in [2.75, 3.05) is 24.5 Å². The Labute approximate surface area is 234 Å². The van der Waals surface area contributed by atoms with E-state index < -0.39 is 5.97 Å². The Balaban J connectivity index is 1.35. The molecule has 0 unspecified atom stereocenters. The van der Waals surface area contributed by atoms with Crippen molar-refractivity contribution in [3.63, 3.8) is 0 Å². The van der Waals surface area contributed by atoms with E-state index >= 15 is 0 Å². The Hall–Kier alpha value is -4.50. The molecule has 0 spiro atoms. The maximum atomic E-state index is 12.5. The van der Waals surface area contributed by atoms with Crippen molar-refractivity contribution < 1.29 is 14.7 Å². The maximum absolute atomic E-state index is 12.5. The molecule has 9 heteroatoms.